The summed E-state index contributed by atoms with van der Waals surface area (Å²) in [5.74, 6) is -0.550. The van der Waals surface area contributed by atoms with Crippen LogP contribution in [0.25, 0.3) is 0 Å². The van der Waals surface area contributed by atoms with Gasteiger partial charge in [0, 0.05) is 12.5 Å². The van der Waals surface area contributed by atoms with Gasteiger partial charge in [0.25, 0.3) is 0 Å². The summed E-state index contributed by atoms with van der Waals surface area (Å²) < 4.78 is 51.5. The summed E-state index contributed by atoms with van der Waals surface area (Å²) in [6, 6.07) is 3.28. The van der Waals surface area contributed by atoms with Crippen LogP contribution in [0.2, 0.25) is 0 Å². The fourth-order valence-corrected chi connectivity index (χ4v) is 2.97. The van der Waals surface area contributed by atoms with E-state index in [0.29, 0.717) is 21.7 Å². The first kappa shape index (κ1) is 17.9. The number of benzene rings is 1. The summed E-state index contributed by atoms with van der Waals surface area (Å²) in [5.41, 5.74) is 0.107. The molecule has 0 radical (unpaired) electrons. The third-order valence-corrected chi connectivity index (χ3v) is 4.22. The molecule has 0 amide bonds. The SMILES string of the molecule is COc1ccc([C@@H]2C[C@@H](C(F)(F)F)n3nc(C(=O)O)cc3N2)cc1OC. The molecule has 0 bridgehead atoms. The molecule has 0 aliphatic carbocycles. The van der Waals surface area contributed by atoms with Crippen LogP contribution in [0.15, 0.2) is 24.3 Å². The van der Waals surface area contributed by atoms with Crippen LogP contribution >= 0.6 is 0 Å². The van der Waals surface area contributed by atoms with Crippen molar-refractivity contribution in [2.24, 2.45) is 0 Å². The monoisotopic (exact) mass is 371 g/mol. The standard InChI is InChI=1S/C16H16F3N3O4/c1-25-11-4-3-8(5-12(11)26-2)9-6-13(16(17,18)19)22-14(20-9)7-10(21-22)15(23)24/h3-5,7,9,13,20H,6H2,1-2H3,(H,23,24)/t9-,13-/m0/s1. The van der Waals surface area contributed by atoms with E-state index in [-0.39, 0.29) is 12.2 Å². The van der Waals surface area contributed by atoms with E-state index in [9.17, 15) is 18.0 Å². The average molecular weight is 371 g/mol. The Hall–Kier alpha value is -2.91. The maximum absolute atomic E-state index is 13.5. The van der Waals surface area contributed by atoms with E-state index in [4.69, 9.17) is 14.6 Å². The van der Waals surface area contributed by atoms with Crippen molar-refractivity contribution in [1.82, 2.24) is 9.78 Å². The second kappa shape index (κ2) is 6.43. The van der Waals surface area contributed by atoms with Gasteiger partial charge in [0.1, 0.15) is 5.82 Å². The number of anilines is 1. The van der Waals surface area contributed by atoms with Crippen LogP contribution in [0.5, 0.6) is 11.5 Å². The third kappa shape index (κ3) is 3.14. The number of ether oxygens (including phenoxy) is 2. The van der Waals surface area contributed by atoms with Crippen LogP contribution in [-0.4, -0.2) is 41.3 Å². The molecule has 2 N–H and O–H groups in total. The number of carboxylic acid groups (broad SMARTS) is 1. The van der Waals surface area contributed by atoms with Crippen molar-refractivity contribution in [1.29, 1.82) is 0 Å². The fraction of sp³-hybridized carbons (Fsp3) is 0.375. The second-order valence-electron chi connectivity index (χ2n) is 5.77. The van der Waals surface area contributed by atoms with E-state index in [2.05, 4.69) is 10.4 Å². The van der Waals surface area contributed by atoms with E-state index in [1.807, 2.05) is 0 Å². The summed E-state index contributed by atoms with van der Waals surface area (Å²) in [6.07, 6.45) is -4.92. The maximum atomic E-state index is 13.5. The molecule has 140 valence electrons. The van der Waals surface area contributed by atoms with Gasteiger partial charge in [-0.3, -0.25) is 0 Å². The molecule has 0 spiro atoms. The summed E-state index contributed by atoms with van der Waals surface area (Å²) in [4.78, 5) is 11.1. The Balaban J connectivity index is 2.02. The Kier molecular flexibility index (Phi) is 4.43. The molecule has 3 rings (SSSR count). The summed E-state index contributed by atoms with van der Waals surface area (Å²) in [5, 5.41) is 15.5. The Labute approximate surface area is 146 Å². The lowest BCUT2D eigenvalue weighted by molar-refractivity contribution is -0.173. The molecule has 0 saturated heterocycles. The number of hydrogen-bond donors (Lipinski definition) is 2. The molecule has 7 nitrogen and oxygen atoms in total. The maximum Gasteiger partial charge on any atom is 0.410 e. The van der Waals surface area contributed by atoms with Gasteiger partial charge in [-0.1, -0.05) is 6.07 Å². The highest BCUT2D eigenvalue weighted by Gasteiger charge is 2.46. The van der Waals surface area contributed by atoms with Crippen molar-refractivity contribution in [2.75, 3.05) is 19.5 Å². The van der Waals surface area contributed by atoms with Crippen LogP contribution < -0.4 is 14.8 Å². The smallest absolute Gasteiger partial charge is 0.410 e. The van der Waals surface area contributed by atoms with Gasteiger partial charge in [-0.25, -0.2) is 9.48 Å². The minimum Gasteiger partial charge on any atom is -0.493 e. The molecular formula is C16H16F3N3O4. The highest BCUT2D eigenvalue weighted by Crippen LogP contribution is 2.44. The summed E-state index contributed by atoms with van der Waals surface area (Å²) >= 11 is 0. The second-order valence-corrected chi connectivity index (χ2v) is 5.77. The van der Waals surface area contributed by atoms with Gasteiger partial charge in [0.2, 0.25) is 0 Å². The number of aromatic carboxylic acids is 1. The molecule has 1 aromatic heterocycles. The highest BCUT2D eigenvalue weighted by atomic mass is 19.4. The molecule has 0 saturated carbocycles. The van der Waals surface area contributed by atoms with E-state index < -0.39 is 29.9 Å². The molecule has 10 heteroatoms. The van der Waals surface area contributed by atoms with Gasteiger partial charge in [-0.2, -0.15) is 18.3 Å². The highest BCUT2D eigenvalue weighted by molar-refractivity contribution is 5.86. The van der Waals surface area contributed by atoms with Gasteiger partial charge in [-0.05, 0) is 17.7 Å². The number of alkyl halides is 3. The first-order valence-corrected chi connectivity index (χ1v) is 7.62. The quantitative estimate of drug-likeness (QED) is 0.858. The van der Waals surface area contributed by atoms with Gasteiger partial charge < -0.3 is 19.9 Å². The van der Waals surface area contributed by atoms with Gasteiger partial charge in [0.05, 0.1) is 20.3 Å². The predicted octanol–water partition coefficient (Wildman–Crippen LogP) is 3.26. The lowest BCUT2D eigenvalue weighted by Gasteiger charge is -2.33. The Morgan fingerprint density at radius 1 is 1.27 bits per heavy atom. The van der Waals surface area contributed by atoms with Crippen molar-refractivity contribution in [2.45, 2.75) is 24.7 Å². The van der Waals surface area contributed by atoms with Crippen LogP contribution in [0.1, 0.15) is 34.6 Å². The van der Waals surface area contributed by atoms with Gasteiger partial charge in [0.15, 0.2) is 23.2 Å². The number of nitrogens with zero attached hydrogens (tertiary/aromatic N) is 2. The van der Waals surface area contributed by atoms with Crippen molar-refractivity contribution in [3.8, 4) is 11.5 Å². The minimum atomic E-state index is -4.58. The number of methoxy groups -OCH3 is 2. The molecule has 2 heterocycles. The normalized spacial score (nSPS) is 19.4. The largest absolute Gasteiger partial charge is 0.493 e. The minimum absolute atomic E-state index is 0.00393. The molecule has 1 aromatic carbocycles. The predicted molar refractivity (Wildman–Crippen MR) is 84.8 cm³/mol. The first-order chi connectivity index (χ1) is 12.2. The Bertz CT molecular complexity index is 835. The zero-order chi connectivity index (χ0) is 19.1. The van der Waals surface area contributed by atoms with Crippen molar-refractivity contribution in [3.63, 3.8) is 0 Å². The van der Waals surface area contributed by atoms with Crippen molar-refractivity contribution in [3.05, 3.63) is 35.5 Å². The van der Waals surface area contributed by atoms with E-state index in [0.717, 1.165) is 6.07 Å². The molecule has 0 fully saturated rings. The summed E-state index contributed by atoms with van der Waals surface area (Å²) in [7, 11) is 2.89. The first-order valence-electron chi connectivity index (χ1n) is 7.62. The Morgan fingerprint density at radius 3 is 2.54 bits per heavy atom. The number of fused-ring (bicyclic) bond motifs is 1. The number of carboxylic acids is 1. The topological polar surface area (TPSA) is 85.6 Å². The number of hydrogen-bond acceptors (Lipinski definition) is 5. The van der Waals surface area contributed by atoms with Crippen molar-refractivity contribution >= 4 is 11.8 Å². The molecule has 2 aromatic rings. The molecule has 0 unspecified atom stereocenters. The number of aromatic nitrogens is 2. The van der Waals surface area contributed by atoms with E-state index in [1.54, 1.807) is 18.2 Å². The third-order valence-electron chi connectivity index (χ3n) is 4.22. The molecule has 1 aliphatic heterocycles. The van der Waals surface area contributed by atoms with Crippen LogP contribution in [0.4, 0.5) is 19.0 Å². The number of nitrogens with one attached hydrogen (secondary N) is 1. The van der Waals surface area contributed by atoms with Crippen LogP contribution in [0.3, 0.4) is 0 Å². The summed E-state index contributed by atoms with van der Waals surface area (Å²) in [6.45, 7) is 0. The molecular weight excluding hydrogens is 355 g/mol. The number of rotatable bonds is 4. The number of halogens is 3. The zero-order valence-electron chi connectivity index (χ0n) is 13.9. The van der Waals surface area contributed by atoms with Crippen LogP contribution in [-0.2, 0) is 0 Å². The van der Waals surface area contributed by atoms with Crippen molar-refractivity contribution < 1.29 is 32.5 Å². The fourth-order valence-electron chi connectivity index (χ4n) is 2.97. The molecule has 2 atom stereocenters. The van der Waals surface area contributed by atoms with Gasteiger partial charge in [-0.15, -0.1) is 0 Å². The van der Waals surface area contributed by atoms with Gasteiger partial charge >= 0.3 is 12.1 Å². The van der Waals surface area contributed by atoms with E-state index >= 15 is 0 Å². The molecule has 26 heavy (non-hydrogen) atoms. The van der Waals surface area contributed by atoms with Crippen LogP contribution in [0, 0.1) is 0 Å². The lowest BCUT2D eigenvalue weighted by Crippen LogP contribution is -2.35. The van der Waals surface area contributed by atoms with E-state index in [1.165, 1.54) is 14.2 Å². The molecule has 1 aliphatic rings. The lowest BCUT2D eigenvalue weighted by atomic mass is 9.96. The average Bonchev–Trinajstić information content (AvgIpc) is 3.03. The number of carbonyl (C=O) groups is 1. The Morgan fingerprint density at radius 2 is 1.96 bits per heavy atom. The zero-order valence-corrected chi connectivity index (χ0v) is 13.9.